The first-order valence-electron chi connectivity index (χ1n) is 10.3. The number of nitrogens with zero attached hydrogens (tertiary/aromatic N) is 1. The minimum atomic E-state index is -0.186. The molecule has 140 valence electrons. The van der Waals surface area contributed by atoms with Crippen LogP contribution in [0.4, 0.5) is 0 Å². The van der Waals surface area contributed by atoms with E-state index in [-0.39, 0.29) is 18.0 Å². The van der Waals surface area contributed by atoms with E-state index < -0.39 is 0 Å². The van der Waals surface area contributed by atoms with Gasteiger partial charge in [-0.15, -0.1) is 6.58 Å². The van der Waals surface area contributed by atoms with Crippen LogP contribution in [0.1, 0.15) is 37.4 Å². The Balaban J connectivity index is 1.53. The summed E-state index contributed by atoms with van der Waals surface area (Å²) in [4.78, 5) is 18.7. The highest BCUT2D eigenvalue weighted by Crippen LogP contribution is 2.38. The van der Waals surface area contributed by atoms with Crippen LogP contribution in [0.15, 0.2) is 49.2 Å². The summed E-state index contributed by atoms with van der Waals surface area (Å²) in [6, 6.07) is 10.6. The van der Waals surface area contributed by atoms with Crippen LogP contribution in [0.5, 0.6) is 0 Å². The second-order valence-corrected chi connectivity index (χ2v) is 8.45. The van der Waals surface area contributed by atoms with E-state index in [4.69, 9.17) is 4.74 Å². The SMILES string of the molecule is C=C[C@H]1C[NH+]2CC[C@H]1C[C@@H]2[C@H](OC(=O)C1CC1)c1ccnc2ccccc12. The number of benzene rings is 1. The second kappa shape index (κ2) is 6.75. The van der Waals surface area contributed by atoms with Gasteiger partial charge in [0.15, 0.2) is 6.10 Å². The fourth-order valence-electron chi connectivity index (χ4n) is 5.16. The smallest absolute Gasteiger partial charge is 0.309 e. The fraction of sp³-hybridized carbons (Fsp3) is 0.478. The molecule has 27 heavy (non-hydrogen) atoms. The first kappa shape index (κ1) is 16.9. The Kier molecular flexibility index (Phi) is 4.24. The average Bonchev–Trinajstić information content (AvgIpc) is 3.57. The maximum Gasteiger partial charge on any atom is 0.309 e. The molecule has 2 aromatic rings. The molecule has 1 aromatic carbocycles. The lowest BCUT2D eigenvalue weighted by atomic mass is 9.73. The van der Waals surface area contributed by atoms with Gasteiger partial charge < -0.3 is 9.64 Å². The Bertz CT molecular complexity index is 870. The molecule has 5 atom stereocenters. The molecule has 4 fully saturated rings. The van der Waals surface area contributed by atoms with Gasteiger partial charge in [-0.2, -0.15) is 0 Å². The standard InChI is InChI=1S/C23H26N2O2/c1-2-15-14-25-12-10-17(15)13-21(25)22(27-23(26)16-7-8-16)19-9-11-24-20-6-4-3-5-18(19)20/h2-6,9,11,15-17,21-22H,1,7-8,10,12-14H2/p+1/t15-,17-,21+,22+/m0/s1. The molecule has 0 radical (unpaired) electrons. The van der Waals surface area contributed by atoms with E-state index in [0.717, 1.165) is 42.3 Å². The molecule has 1 saturated carbocycles. The van der Waals surface area contributed by atoms with Crippen LogP contribution in [-0.2, 0) is 9.53 Å². The van der Waals surface area contributed by atoms with Crippen LogP contribution >= 0.6 is 0 Å². The Morgan fingerprint density at radius 3 is 2.85 bits per heavy atom. The molecule has 1 aliphatic carbocycles. The predicted molar refractivity (Wildman–Crippen MR) is 104 cm³/mol. The molecule has 4 heteroatoms. The summed E-state index contributed by atoms with van der Waals surface area (Å²) in [6.07, 6.45) is 8.11. The summed E-state index contributed by atoms with van der Waals surface area (Å²) in [5.41, 5.74) is 2.09. The van der Waals surface area contributed by atoms with Crippen LogP contribution in [-0.4, -0.2) is 30.1 Å². The molecule has 0 amide bonds. The number of hydrogen-bond acceptors (Lipinski definition) is 3. The Hall–Kier alpha value is -2.20. The summed E-state index contributed by atoms with van der Waals surface area (Å²) < 4.78 is 6.22. The number of esters is 1. The zero-order chi connectivity index (χ0) is 18.4. The van der Waals surface area contributed by atoms with Gasteiger partial charge in [0.05, 0.1) is 24.5 Å². The van der Waals surface area contributed by atoms with Crippen molar-refractivity contribution in [2.24, 2.45) is 17.8 Å². The molecule has 4 heterocycles. The summed E-state index contributed by atoms with van der Waals surface area (Å²) in [5, 5.41) is 1.11. The third-order valence-electron chi connectivity index (χ3n) is 6.83. The van der Waals surface area contributed by atoms with Crippen molar-refractivity contribution in [1.82, 2.24) is 4.98 Å². The molecular weight excluding hydrogens is 336 g/mol. The molecule has 1 unspecified atom stereocenters. The van der Waals surface area contributed by atoms with Crippen molar-refractivity contribution >= 4 is 16.9 Å². The van der Waals surface area contributed by atoms with Crippen molar-refractivity contribution in [1.29, 1.82) is 0 Å². The maximum atomic E-state index is 12.6. The van der Waals surface area contributed by atoms with E-state index in [1.165, 1.54) is 13.0 Å². The van der Waals surface area contributed by atoms with E-state index >= 15 is 0 Å². The number of aromatic nitrogens is 1. The molecule has 4 aliphatic rings. The number of para-hydroxylation sites is 1. The molecular formula is C23H27N2O2+. The predicted octanol–water partition coefficient (Wildman–Crippen LogP) is 2.71. The maximum absolute atomic E-state index is 12.6. The molecule has 4 nitrogen and oxygen atoms in total. The first-order valence-corrected chi connectivity index (χ1v) is 10.3. The number of fused-ring (bicyclic) bond motifs is 4. The number of nitrogens with one attached hydrogen (secondary N) is 1. The van der Waals surface area contributed by atoms with Gasteiger partial charge in [-0.05, 0) is 30.9 Å². The average molecular weight is 363 g/mol. The highest BCUT2D eigenvalue weighted by Gasteiger charge is 2.48. The zero-order valence-corrected chi connectivity index (χ0v) is 15.6. The Morgan fingerprint density at radius 2 is 2.11 bits per heavy atom. The lowest BCUT2D eigenvalue weighted by Crippen LogP contribution is -3.20. The van der Waals surface area contributed by atoms with Gasteiger partial charge in [0, 0.05) is 35.9 Å². The van der Waals surface area contributed by atoms with E-state index in [0.29, 0.717) is 17.9 Å². The number of pyridine rings is 1. The highest BCUT2D eigenvalue weighted by molar-refractivity contribution is 5.83. The van der Waals surface area contributed by atoms with E-state index in [1.54, 1.807) is 4.90 Å². The van der Waals surface area contributed by atoms with E-state index in [1.807, 2.05) is 24.4 Å². The normalized spacial score (nSPS) is 30.8. The van der Waals surface area contributed by atoms with Crippen molar-refractivity contribution in [3.05, 3.63) is 54.7 Å². The van der Waals surface area contributed by atoms with Crippen molar-refractivity contribution in [2.75, 3.05) is 13.1 Å². The number of rotatable bonds is 5. The summed E-state index contributed by atoms with van der Waals surface area (Å²) in [5.74, 6) is 1.37. The van der Waals surface area contributed by atoms with Crippen molar-refractivity contribution in [2.45, 2.75) is 37.8 Å². The lowest BCUT2D eigenvalue weighted by molar-refractivity contribution is -0.949. The van der Waals surface area contributed by atoms with E-state index in [2.05, 4.69) is 29.8 Å². The van der Waals surface area contributed by atoms with Gasteiger partial charge in [-0.1, -0.05) is 24.3 Å². The number of quaternary nitrogens is 1. The first-order chi connectivity index (χ1) is 13.2. The summed E-state index contributed by atoms with van der Waals surface area (Å²) in [7, 11) is 0. The summed E-state index contributed by atoms with van der Waals surface area (Å²) >= 11 is 0. The molecule has 3 aliphatic heterocycles. The fourth-order valence-corrected chi connectivity index (χ4v) is 5.16. The van der Waals surface area contributed by atoms with E-state index in [9.17, 15) is 4.79 Å². The van der Waals surface area contributed by atoms with Gasteiger partial charge in [-0.3, -0.25) is 9.78 Å². The number of carbonyl (C=O) groups is 1. The Labute approximate surface area is 160 Å². The van der Waals surface area contributed by atoms with Crippen molar-refractivity contribution < 1.29 is 14.4 Å². The Morgan fingerprint density at radius 1 is 1.26 bits per heavy atom. The number of ether oxygens (including phenoxy) is 1. The number of carbonyl (C=O) groups excluding carboxylic acids is 1. The van der Waals surface area contributed by atoms with Crippen LogP contribution in [0.3, 0.4) is 0 Å². The minimum Gasteiger partial charge on any atom is -0.451 e. The monoisotopic (exact) mass is 363 g/mol. The van der Waals surface area contributed by atoms with Crippen LogP contribution in [0, 0.1) is 17.8 Å². The highest BCUT2D eigenvalue weighted by atomic mass is 16.5. The lowest BCUT2D eigenvalue weighted by Gasteiger charge is -2.48. The molecule has 6 rings (SSSR count). The second-order valence-electron chi connectivity index (χ2n) is 8.45. The molecule has 3 saturated heterocycles. The third kappa shape index (κ3) is 3.06. The molecule has 1 N–H and O–H groups in total. The van der Waals surface area contributed by atoms with Gasteiger partial charge in [-0.25, -0.2) is 0 Å². The molecule has 1 aromatic heterocycles. The van der Waals surface area contributed by atoms with Gasteiger partial charge in [0.25, 0.3) is 0 Å². The van der Waals surface area contributed by atoms with Gasteiger partial charge in [0.2, 0.25) is 0 Å². The summed E-state index contributed by atoms with van der Waals surface area (Å²) in [6.45, 7) is 6.32. The minimum absolute atomic E-state index is 0.0109. The van der Waals surface area contributed by atoms with Crippen molar-refractivity contribution in [3.63, 3.8) is 0 Å². The number of hydrogen-bond donors (Lipinski definition) is 1. The quantitative estimate of drug-likeness (QED) is 0.656. The van der Waals surface area contributed by atoms with Crippen LogP contribution in [0.2, 0.25) is 0 Å². The largest absolute Gasteiger partial charge is 0.451 e. The van der Waals surface area contributed by atoms with Crippen molar-refractivity contribution in [3.8, 4) is 0 Å². The van der Waals surface area contributed by atoms with Gasteiger partial charge in [0.1, 0.15) is 6.04 Å². The third-order valence-corrected chi connectivity index (χ3v) is 6.83. The number of piperidine rings is 3. The zero-order valence-electron chi connectivity index (χ0n) is 15.6. The molecule has 2 bridgehead atoms. The van der Waals surface area contributed by atoms with Crippen LogP contribution < -0.4 is 4.90 Å². The topological polar surface area (TPSA) is 43.6 Å². The molecule has 0 spiro atoms. The van der Waals surface area contributed by atoms with Gasteiger partial charge >= 0.3 is 5.97 Å². The van der Waals surface area contributed by atoms with Crippen LogP contribution in [0.25, 0.3) is 10.9 Å².